The van der Waals surface area contributed by atoms with Gasteiger partial charge in [0.2, 0.25) is 0 Å². The van der Waals surface area contributed by atoms with Gasteiger partial charge in [0, 0.05) is 43.9 Å². The highest BCUT2D eigenvalue weighted by Crippen LogP contribution is 2.25. The second-order valence-electron chi connectivity index (χ2n) is 7.15. The molecule has 1 aliphatic heterocycles. The Hall–Kier alpha value is -2.38. The highest BCUT2D eigenvalue weighted by atomic mass is 16.5. The van der Waals surface area contributed by atoms with E-state index in [4.69, 9.17) is 4.74 Å². The number of likely N-dealkylation sites (N-methyl/N-ethyl adjacent to an activating group) is 1. The van der Waals surface area contributed by atoms with E-state index in [1.54, 1.807) is 12.1 Å². The molecular weight excluding hydrogens is 344 g/mol. The van der Waals surface area contributed by atoms with Gasteiger partial charge >= 0.3 is 5.97 Å². The van der Waals surface area contributed by atoms with Crippen molar-refractivity contribution in [3.05, 3.63) is 46.8 Å². The molecule has 3 rings (SSSR count). The fraction of sp³-hybridized carbons (Fsp3) is 0.500. The Kier molecular flexibility index (Phi) is 6.13. The van der Waals surface area contributed by atoms with Crippen LogP contribution in [0.2, 0.25) is 0 Å². The highest BCUT2D eigenvalue weighted by Gasteiger charge is 2.28. The number of carbonyl (C=O) groups is 1. The number of benzene rings is 1. The van der Waals surface area contributed by atoms with Crippen molar-refractivity contribution >= 4 is 5.97 Å². The summed E-state index contributed by atoms with van der Waals surface area (Å²) in [7, 11) is 4.06. The summed E-state index contributed by atoms with van der Waals surface area (Å²) in [5.41, 5.74) is 3.70. The molecule has 0 atom stereocenters. The number of esters is 1. The van der Waals surface area contributed by atoms with Crippen LogP contribution in [0.15, 0.2) is 24.3 Å². The number of ether oxygens (including phenoxy) is 1. The van der Waals surface area contributed by atoms with E-state index in [-0.39, 0.29) is 11.7 Å². The first kappa shape index (κ1) is 19.4. The van der Waals surface area contributed by atoms with Crippen molar-refractivity contribution in [1.82, 2.24) is 19.6 Å². The molecule has 0 fully saturated rings. The zero-order valence-corrected chi connectivity index (χ0v) is 16.3. The van der Waals surface area contributed by atoms with Gasteiger partial charge in [0.25, 0.3) is 0 Å². The quantitative estimate of drug-likeness (QED) is 0.749. The summed E-state index contributed by atoms with van der Waals surface area (Å²) in [6.07, 6.45) is 0.854. The molecule has 0 amide bonds. The third kappa shape index (κ3) is 4.67. The number of aromatic nitrogens is 2. The van der Waals surface area contributed by atoms with Gasteiger partial charge in [0.1, 0.15) is 5.75 Å². The maximum atomic E-state index is 12.4. The molecule has 0 bridgehead atoms. The lowest BCUT2D eigenvalue weighted by Crippen LogP contribution is -2.31. The van der Waals surface area contributed by atoms with Gasteiger partial charge in [-0.25, -0.2) is 4.79 Å². The van der Waals surface area contributed by atoms with Gasteiger partial charge in [-0.1, -0.05) is 12.1 Å². The Morgan fingerprint density at radius 1 is 1.30 bits per heavy atom. The van der Waals surface area contributed by atoms with Crippen molar-refractivity contribution in [2.75, 3.05) is 33.8 Å². The minimum atomic E-state index is -0.344. The Morgan fingerprint density at radius 3 is 2.70 bits per heavy atom. The molecule has 1 aliphatic rings. The van der Waals surface area contributed by atoms with Crippen molar-refractivity contribution in [1.29, 1.82) is 0 Å². The molecular formula is C20H28N4O3. The number of hydrogen-bond acceptors (Lipinski definition) is 6. The first-order valence-corrected chi connectivity index (χ1v) is 9.38. The molecule has 1 aromatic carbocycles. The van der Waals surface area contributed by atoms with Gasteiger partial charge in [-0.15, -0.1) is 0 Å². The SMILES string of the molecule is CCOC(=O)c1nn(CCN(C)C)c2c1CN(Cc1ccc(O)cc1)CC2. The third-order valence-corrected chi connectivity index (χ3v) is 4.78. The van der Waals surface area contributed by atoms with E-state index in [2.05, 4.69) is 14.9 Å². The molecule has 0 unspecified atom stereocenters. The maximum absolute atomic E-state index is 12.4. The highest BCUT2D eigenvalue weighted by molar-refractivity contribution is 5.89. The van der Waals surface area contributed by atoms with Gasteiger partial charge in [-0.3, -0.25) is 9.58 Å². The number of carbonyl (C=O) groups excluding carboxylic acids is 1. The fourth-order valence-electron chi connectivity index (χ4n) is 3.38. The summed E-state index contributed by atoms with van der Waals surface area (Å²) < 4.78 is 7.20. The molecule has 0 spiro atoms. The molecule has 7 nitrogen and oxygen atoms in total. The van der Waals surface area contributed by atoms with Crippen LogP contribution in [0.25, 0.3) is 0 Å². The first-order valence-electron chi connectivity index (χ1n) is 9.38. The molecule has 146 valence electrons. The zero-order chi connectivity index (χ0) is 19.4. The molecule has 0 saturated carbocycles. The summed E-state index contributed by atoms with van der Waals surface area (Å²) in [6, 6.07) is 7.26. The molecule has 2 heterocycles. The summed E-state index contributed by atoms with van der Waals surface area (Å²) in [5.74, 6) is -0.0738. The first-order chi connectivity index (χ1) is 13.0. The van der Waals surface area contributed by atoms with E-state index >= 15 is 0 Å². The summed E-state index contributed by atoms with van der Waals surface area (Å²) in [4.78, 5) is 16.8. The van der Waals surface area contributed by atoms with E-state index in [1.807, 2.05) is 37.8 Å². The molecule has 0 aliphatic carbocycles. The molecule has 2 aromatic rings. The van der Waals surface area contributed by atoms with Crippen molar-refractivity contribution in [2.24, 2.45) is 0 Å². The van der Waals surface area contributed by atoms with Crippen LogP contribution < -0.4 is 0 Å². The number of phenols is 1. The number of aromatic hydroxyl groups is 1. The average Bonchev–Trinajstić information content (AvgIpc) is 3.00. The number of hydrogen-bond donors (Lipinski definition) is 1. The number of phenolic OH excluding ortho intramolecular Hbond substituents is 1. The van der Waals surface area contributed by atoms with Gasteiger partial charge in [-0.2, -0.15) is 5.10 Å². The minimum absolute atomic E-state index is 0.270. The monoisotopic (exact) mass is 372 g/mol. The lowest BCUT2D eigenvalue weighted by atomic mass is 10.0. The van der Waals surface area contributed by atoms with Crippen LogP contribution in [0.5, 0.6) is 5.75 Å². The normalized spacial score (nSPS) is 14.4. The smallest absolute Gasteiger partial charge is 0.359 e. The van der Waals surface area contributed by atoms with Crippen molar-refractivity contribution in [3.63, 3.8) is 0 Å². The number of nitrogens with zero attached hydrogens (tertiary/aromatic N) is 4. The Balaban J connectivity index is 1.81. The van der Waals surface area contributed by atoms with Crippen molar-refractivity contribution < 1.29 is 14.6 Å². The van der Waals surface area contributed by atoms with Crippen LogP contribution in [0.3, 0.4) is 0 Å². The van der Waals surface area contributed by atoms with Crippen molar-refractivity contribution in [2.45, 2.75) is 33.0 Å². The van der Waals surface area contributed by atoms with Crippen LogP contribution >= 0.6 is 0 Å². The molecule has 7 heteroatoms. The lowest BCUT2D eigenvalue weighted by molar-refractivity contribution is 0.0515. The van der Waals surface area contributed by atoms with E-state index in [0.29, 0.717) is 18.8 Å². The standard InChI is InChI=1S/C20H28N4O3/c1-4-27-20(26)19-17-14-23(13-15-5-7-16(25)8-6-15)10-9-18(17)24(21-19)12-11-22(2)3/h5-8,25H,4,9-14H2,1-3H3. The number of rotatable bonds is 7. The molecule has 0 saturated heterocycles. The largest absolute Gasteiger partial charge is 0.508 e. The van der Waals surface area contributed by atoms with Crippen LogP contribution in [0.4, 0.5) is 0 Å². The lowest BCUT2D eigenvalue weighted by Gasteiger charge is -2.27. The molecule has 1 aromatic heterocycles. The summed E-state index contributed by atoms with van der Waals surface area (Å²) in [6.45, 7) is 6.13. The van der Waals surface area contributed by atoms with E-state index in [0.717, 1.165) is 49.4 Å². The second-order valence-corrected chi connectivity index (χ2v) is 7.15. The van der Waals surface area contributed by atoms with Crippen molar-refractivity contribution in [3.8, 4) is 5.75 Å². The van der Waals surface area contributed by atoms with Gasteiger partial charge in [0.05, 0.1) is 13.2 Å². The fourth-order valence-corrected chi connectivity index (χ4v) is 3.38. The number of fused-ring (bicyclic) bond motifs is 1. The van der Waals surface area contributed by atoms with E-state index < -0.39 is 0 Å². The Labute approximate surface area is 160 Å². The Bertz CT molecular complexity index is 783. The van der Waals surface area contributed by atoms with Gasteiger partial charge in [0.15, 0.2) is 5.69 Å². The van der Waals surface area contributed by atoms with Gasteiger partial charge < -0.3 is 14.7 Å². The zero-order valence-electron chi connectivity index (χ0n) is 16.3. The predicted molar refractivity (Wildman–Crippen MR) is 103 cm³/mol. The van der Waals surface area contributed by atoms with Gasteiger partial charge in [-0.05, 0) is 38.7 Å². The summed E-state index contributed by atoms with van der Waals surface area (Å²) in [5, 5.41) is 14.0. The third-order valence-electron chi connectivity index (χ3n) is 4.78. The average molecular weight is 372 g/mol. The molecule has 1 N–H and O–H groups in total. The van der Waals surface area contributed by atoms with Crippen LogP contribution in [-0.2, 0) is 30.8 Å². The maximum Gasteiger partial charge on any atom is 0.359 e. The van der Waals surface area contributed by atoms with Crippen LogP contribution in [0, 0.1) is 0 Å². The van der Waals surface area contributed by atoms with E-state index in [1.165, 1.54) is 0 Å². The molecule has 27 heavy (non-hydrogen) atoms. The molecule has 0 radical (unpaired) electrons. The Morgan fingerprint density at radius 2 is 2.04 bits per heavy atom. The summed E-state index contributed by atoms with van der Waals surface area (Å²) >= 11 is 0. The van der Waals surface area contributed by atoms with Crippen LogP contribution in [0.1, 0.15) is 34.2 Å². The topological polar surface area (TPSA) is 70.8 Å². The van der Waals surface area contributed by atoms with E-state index in [9.17, 15) is 9.90 Å². The minimum Gasteiger partial charge on any atom is -0.508 e. The predicted octanol–water partition coefficient (Wildman–Crippen LogP) is 1.89. The van der Waals surface area contributed by atoms with Crippen LogP contribution in [-0.4, -0.2) is 64.4 Å². The second kappa shape index (κ2) is 8.54.